The number of carbonyl (C=O) groups is 2. The highest BCUT2D eigenvalue weighted by Crippen LogP contribution is 2.26. The molecule has 34 heavy (non-hydrogen) atoms. The Morgan fingerprint density at radius 2 is 1.76 bits per heavy atom. The number of phenols is 1. The van der Waals surface area contributed by atoms with Crippen molar-refractivity contribution in [2.75, 3.05) is 12.4 Å². The maximum absolute atomic E-state index is 11.9. The first-order valence-corrected chi connectivity index (χ1v) is 10.8. The Morgan fingerprint density at radius 3 is 2.47 bits per heavy atom. The molecule has 8 heteroatoms. The van der Waals surface area contributed by atoms with Crippen molar-refractivity contribution in [3.05, 3.63) is 77.5 Å². The fourth-order valence-electron chi connectivity index (χ4n) is 3.18. The normalized spacial score (nSPS) is 10.9. The summed E-state index contributed by atoms with van der Waals surface area (Å²) in [4.78, 5) is 28.2. The number of aromatic hydroxyl groups is 1. The molecule has 2 aromatic carbocycles. The Morgan fingerprint density at radius 1 is 1.00 bits per heavy atom. The van der Waals surface area contributed by atoms with E-state index in [-0.39, 0.29) is 11.3 Å². The number of rotatable bonds is 7. The van der Waals surface area contributed by atoms with E-state index in [1.165, 1.54) is 19.2 Å². The summed E-state index contributed by atoms with van der Waals surface area (Å²) >= 11 is 0. The summed E-state index contributed by atoms with van der Waals surface area (Å²) < 4.78 is 9.92. The minimum Gasteiger partial charge on any atom is -0.507 e. The quantitative estimate of drug-likeness (QED) is 0.429. The van der Waals surface area contributed by atoms with Crippen molar-refractivity contribution >= 4 is 17.7 Å². The summed E-state index contributed by atoms with van der Waals surface area (Å²) in [6, 6.07) is 18.0. The number of methoxy groups -OCH3 is 1. The molecule has 3 rings (SSSR count). The minimum atomic E-state index is -0.599. The number of anilines is 1. The predicted molar refractivity (Wildman–Crippen MR) is 130 cm³/mol. The largest absolute Gasteiger partial charge is 0.507 e. The molecule has 0 radical (unpaired) electrons. The van der Waals surface area contributed by atoms with E-state index in [0.717, 1.165) is 16.9 Å². The van der Waals surface area contributed by atoms with Gasteiger partial charge in [0.15, 0.2) is 0 Å². The molecule has 0 aliphatic heterocycles. The molecule has 0 unspecified atom stereocenters. The van der Waals surface area contributed by atoms with Gasteiger partial charge in [0.05, 0.1) is 25.0 Å². The number of aromatic nitrogens is 1. The lowest BCUT2D eigenvalue weighted by Crippen LogP contribution is -2.32. The molecule has 0 saturated heterocycles. The molecule has 0 atom stereocenters. The predicted octanol–water partition coefficient (Wildman–Crippen LogP) is 4.88. The van der Waals surface area contributed by atoms with Crippen molar-refractivity contribution in [2.45, 2.75) is 39.5 Å². The zero-order chi connectivity index (χ0) is 24.7. The van der Waals surface area contributed by atoms with Gasteiger partial charge in [-0.15, -0.1) is 0 Å². The molecule has 1 amide bonds. The average molecular weight is 464 g/mol. The Balaban J connectivity index is 1.63. The second-order valence-corrected chi connectivity index (χ2v) is 8.65. The number of ether oxygens (including phenoxy) is 2. The van der Waals surface area contributed by atoms with Gasteiger partial charge in [-0.3, -0.25) is 4.98 Å². The number of pyridine rings is 1. The second kappa shape index (κ2) is 10.7. The number of amides is 1. The Hall–Kier alpha value is -4.07. The topological polar surface area (TPSA) is 110 Å². The number of phenolic OH excluding ortho intramolecular Hbond substituents is 1. The van der Waals surface area contributed by atoms with E-state index in [4.69, 9.17) is 4.74 Å². The van der Waals surface area contributed by atoms with Crippen molar-refractivity contribution in [1.29, 1.82) is 0 Å². The average Bonchev–Trinajstić information content (AvgIpc) is 2.80. The van der Waals surface area contributed by atoms with Crippen LogP contribution in [0.3, 0.4) is 0 Å². The van der Waals surface area contributed by atoms with E-state index in [9.17, 15) is 14.7 Å². The first-order chi connectivity index (χ1) is 16.1. The van der Waals surface area contributed by atoms with Crippen LogP contribution in [0.4, 0.5) is 10.5 Å². The molecule has 0 bridgehead atoms. The number of benzene rings is 2. The van der Waals surface area contributed by atoms with Gasteiger partial charge in [0.2, 0.25) is 0 Å². The molecule has 0 fully saturated rings. The molecule has 0 aliphatic carbocycles. The van der Waals surface area contributed by atoms with E-state index in [0.29, 0.717) is 24.3 Å². The molecule has 0 spiro atoms. The highest BCUT2D eigenvalue weighted by atomic mass is 16.6. The number of nitrogens with zero attached hydrogens (tertiary/aromatic N) is 1. The zero-order valence-electron chi connectivity index (χ0n) is 19.7. The number of nitrogens with one attached hydrogen (secondary N) is 2. The summed E-state index contributed by atoms with van der Waals surface area (Å²) in [5, 5.41) is 16.2. The van der Waals surface area contributed by atoms with Crippen LogP contribution in [0.15, 0.2) is 60.7 Å². The summed E-state index contributed by atoms with van der Waals surface area (Å²) in [7, 11) is 1.26. The van der Waals surface area contributed by atoms with Crippen LogP contribution in [0.25, 0.3) is 11.3 Å². The van der Waals surface area contributed by atoms with Crippen molar-refractivity contribution < 1.29 is 24.2 Å². The van der Waals surface area contributed by atoms with E-state index >= 15 is 0 Å². The molecular formula is C26H29N3O5. The van der Waals surface area contributed by atoms with Crippen LogP contribution >= 0.6 is 0 Å². The van der Waals surface area contributed by atoms with Crippen LogP contribution in [-0.2, 0) is 22.6 Å². The lowest BCUT2D eigenvalue weighted by molar-refractivity contribution is 0.0522. The number of carbonyl (C=O) groups excluding carboxylic acids is 2. The lowest BCUT2D eigenvalue weighted by atomic mass is 10.1. The van der Waals surface area contributed by atoms with E-state index in [1.807, 2.05) is 63.2 Å². The van der Waals surface area contributed by atoms with Crippen molar-refractivity contribution in [2.24, 2.45) is 0 Å². The smallest absolute Gasteiger partial charge is 0.407 e. The van der Waals surface area contributed by atoms with E-state index in [2.05, 4.69) is 20.4 Å². The zero-order valence-corrected chi connectivity index (χ0v) is 19.7. The third-order valence-corrected chi connectivity index (χ3v) is 4.74. The Kier molecular flexibility index (Phi) is 7.73. The molecule has 1 heterocycles. The van der Waals surface area contributed by atoms with Crippen LogP contribution < -0.4 is 10.6 Å². The highest BCUT2D eigenvalue weighted by molar-refractivity contribution is 5.93. The Labute approximate surface area is 198 Å². The monoisotopic (exact) mass is 463 g/mol. The molecule has 0 saturated carbocycles. The summed E-state index contributed by atoms with van der Waals surface area (Å²) in [6.45, 7) is 6.28. The van der Waals surface area contributed by atoms with Crippen LogP contribution in [0.1, 0.15) is 42.4 Å². The number of esters is 1. The van der Waals surface area contributed by atoms with Gasteiger partial charge in [-0.2, -0.15) is 0 Å². The number of alkyl carbamates (subject to hydrolysis) is 1. The summed E-state index contributed by atoms with van der Waals surface area (Å²) in [5.41, 5.74) is 3.52. The van der Waals surface area contributed by atoms with Gasteiger partial charge < -0.3 is 25.2 Å². The first kappa shape index (κ1) is 24.6. The maximum atomic E-state index is 11.9. The third-order valence-electron chi connectivity index (χ3n) is 4.74. The first-order valence-electron chi connectivity index (χ1n) is 10.8. The lowest BCUT2D eigenvalue weighted by Gasteiger charge is -2.19. The van der Waals surface area contributed by atoms with Crippen molar-refractivity contribution in [3.63, 3.8) is 0 Å². The summed E-state index contributed by atoms with van der Waals surface area (Å²) in [6.07, 6.45) is -0.461. The SMILES string of the molecule is COC(=O)c1ccc(-c2cccc(CNc3cccc(CNC(=O)OC(C)(C)C)c3)n2)cc1O. The fraction of sp³-hybridized carbons (Fsp3) is 0.269. The molecule has 1 aromatic heterocycles. The van der Waals surface area contributed by atoms with Gasteiger partial charge in [-0.1, -0.05) is 24.3 Å². The number of hydrogen-bond donors (Lipinski definition) is 3. The highest BCUT2D eigenvalue weighted by Gasteiger charge is 2.16. The van der Waals surface area contributed by atoms with Gasteiger partial charge in [0.25, 0.3) is 0 Å². The van der Waals surface area contributed by atoms with Gasteiger partial charge in [-0.25, -0.2) is 9.59 Å². The molecule has 0 aliphatic rings. The second-order valence-electron chi connectivity index (χ2n) is 8.65. The standard InChI is InChI=1S/C26H29N3O5/c1-26(2,3)34-25(32)28-15-17-7-5-8-19(13-17)27-16-20-9-6-10-22(29-20)18-11-12-21(23(30)14-18)24(31)33-4/h5-14,27,30H,15-16H2,1-4H3,(H,28,32). The summed E-state index contributed by atoms with van der Waals surface area (Å²) in [5.74, 6) is -0.759. The molecule has 8 nitrogen and oxygen atoms in total. The van der Waals surface area contributed by atoms with Crippen molar-refractivity contribution in [3.8, 4) is 17.0 Å². The molecule has 3 N–H and O–H groups in total. The fourth-order valence-corrected chi connectivity index (χ4v) is 3.18. The third kappa shape index (κ3) is 6.96. The molecule has 3 aromatic rings. The Bertz CT molecular complexity index is 1170. The van der Waals surface area contributed by atoms with Gasteiger partial charge >= 0.3 is 12.1 Å². The van der Waals surface area contributed by atoms with Crippen LogP contribution in [-0.4, -0.2) is 34.9 Å². The van der Waals surface area contributed by atoms with Gasteiger partial charge in [0.1, 0.15) is 16.9 Å². The molecular weight excluding hydrogens is 434 g/mol. The van der Waals surface area contributed by atoms with Gasteiger partial charge in [-0.05, 0) is 62.7 Å². The molecule has 178 valence electrons. The maximum Gasteiger partial charge on any atom is 0.407 e. The van der Waals surface area contributed by atoms with E-state index < -0.39 is 17.7 Å². The minimum absolute atomic E-state index is 0.102. The van der Waals surface area contributed by atoms with Crippen molar-refractivity contribution in [1.82, 2.24) is 10.3 Å². The number of hydrogen-bond acceptors (Lipinski definition) is 7. The van der Waals surface area contributed by atoms with Crippen LogP contribution in [0.2, 0.25) is 0 Å². The van der Waals surface area contributed by atoms with E-state index in [1.54, 1.807) is 6.07 Å². The van der Waals surface area contributed by atoms with Crippen LogP contribution in [0, 0.1) is 0 Å². The van der Waals surface area contributed by atoms with Crippen LogP contribution in [0.5, 0.6) is 5.75 Å². The van der Waals surface area contributed by atoms with Gasteiger partial charge in [0, 0.05) is 17.8 Å².